The van der Waals surface area contributed by atoms with Gasteiger partial charge in [-0.15, -0.1) is 0 Å². The molecule has 0 saturated carbocycles. The van der Waals surface area contributed by atoms with Crippen molar-refractivity contribution in [3.63, 3.8) is 0 Å². The molecule has 0 unspecified atom stereocenters. The van der Waals surface area contributed by atoms with Gasteiger partial charge in [-0.1, -0.05) is 15.9 Å². The molecule has 2 aromatic carbocycles. The number of benzene rings is 2. The summed E-state index contributed by atoms with van der Waals surface area (Å²) >= 11 is 3.44. The summed E-state index contributed by atoms with van der Waals surface area (Å²) in [6.07, 6.45) is 3.52. The maximum Gasteiger partial charge on any atom is 0.142 e. The summed E-state index contributed by atoms with van der Waals surface area (Å²) in [6.45, 7) is 0. The van der Waals surface area contributed by atoms with Crippen LogP contribution in [0.4, 0.5) is 0 Å². The second-order valence-corrected chi connectivity index (χ2v) is 6.69. The van der Waals surface area contributed by atoms with E-state index in [1.165, 1.54) is 0 Å². The van der Waals surface area contributed by atoms with Crippen molar-refractivity contribution in [3.05, 3.63) is 59.3 Å². The van der Waals surface area contributed by atoms with Gasteiger partial charge in [-0.05, 0) is 42.5 Å². The third kappa shape index (κ3) is 2.11. The van der Waals surface area contributed by atoms with Crippen LogP contribution in [0.25, 0.3) is 44.2 Å². The smallest absolute Gasteiger partial charge is 0.142 e. The Hall–Kier alpha value is -2.99. The zero-order chi connectivity index (χ0) is 17.0. The van der Waals surface area contributed by atoms with E-state index in [2.05, 4.69) is 30.9 Å². The van der Waals surface area contributed by atoms with E-state index in [0.717, 1.165) is 37.3 Å². The van der Waals surface area contributed by atoms with E-state index in [-0.39, 0.29) is 5.75 Å². The maximum atomic E-state index is 10.2. The summed E-state index contributed by atoms with van der Waals surface area (Å²) in [6, 6.07) is 13.1. The Balaban J connectivity index is 1.96. The molecule has 0 spiro atoms. The van der Waals surface area contributed by atoms with Crippen LogP contribution in [0.2, 0.25) is 0 Å². The molecule has 5 rings (SSSR count). The van der Waals surface area contributed by atoms with Gasteiger partial charge in [0, 0.05) is 27.6 Å². The lowest BCUT2D eigenvalue weighted by atomic mass is 10.1. The largest absolute Gasteiger partial charge is 0.507 e. The number of imidazole rings is 1. The number of aromatic amines is 1. The molecule has 0 amide bonds. The fourth-order valence-corrected chi connectivity index (χ4v) is 3.53. The molecule has 3 heterocycles. The third-order valence-corrected chi connectivity index (χ3v) is 4.77. The molecule has 0 atom stereocenters. The molecule has 0 aliphatic carbocycles. The molecule has 5 nitrogen and oxygen atoms in total. The van der Waals surface area contributed by atoms with E-state index in [1.807, 2.05) is 30.3 Å². The number of aromatic nitrogens is 4. The Morgan fingerprint density at radius 3 is 2.40 bits per heavy atom. The summed E-state index contributed by atoms with van der Waals surface area (Å²) in [5.74, 6) is 0.780. The van der Waals surface area contributed by atoms with Crippen molar-refractivity contribution in [1.29, 1.82) is 0 Å². The average molecular weight is 391 g/mol. The van der Waals surface area contributed by atoms with E-state index in [9.17, 15) is 5.11 Å². The van der Waals surface area contributed by atoms with Crippen LogP contribution >= 0.6 is 15.9 Å². The first-order chi connectivity index (χ1) is 12.2. The predicted molar refractivity (Wildman–Crippen MR) is 101 cm³/mol. The lowest BCUT2D eigenvalue weighted by Gasteiger charge is -2.03. The van der Waals surface area contributed by atoms with E-state index >= 15 is 0 Å². The number of halogens is 1. The minimum Gasteiger partial charge on any atom is -0.507 e. The molecule has 120 valence electrons. The molecule has 5 aromatic rings. The molecule has 6 heteroatoms. The van der Waals surface area contributed by atoms with Gasteiger partial charge in [0.25, 0.3) is 0 Å². The fraction of sp³-hybridized carbons (Fsp3) is 0. The highest BCUT2D eigenvalue weighted by Crippen LogP contribution is 2.36. The molecule has 25 heavy (non-hydrogen) atoms. The molecular formula is C19H11BrN4O. The van der Waals surface area contributed by atoms with Gasteiger partial charge >= 0.3 is 0 Å². The van der Waals surface area contributed by atoms with Crippen molar-refractivity contribution < 1.29 is 5.11 Å². The second-order valence-electron chi connectivity index (χ2n) is 5.77. The standard InChI is InChI=1S/C19H11BrN4O/c20-10-5-6-14(25)13(9-10)19-23-17-11-3-1-7-21-15(11)16-12(18(17)24-19)4-2-8-22-16/h1-9,25H,(H,23,24). The van der Waals surface area contributed by atoms with Gasteiger partial charge in [-0.25, -0.2) is 4.98 Å². The monoisotopic (exact) mass is 390 g/mol. The number of phenolic OH excluding ortho intramolecular Hbond substituents is 1. The maximum absolute atomic E-state index is 10.2. The van der Waals surface area contributed by atoms with Gasteiger partial charge in [0.1, 0.15) is 11.6 Å². The van der Waals surface area contributed by atoms with Crippen LogP contribution in [0.3, 0.4) is 0 Å². The summed E-state index contributed by atoms with van der Waals surface area (Å²) < 4.78 is 0.874. The van der Waals surface area contributed by atoms with Gasteiger partial charge in [-0.3, -0.25) is 9.97 Å². The molecule has 0 aliphatic rings. The van der Waals surface area contributed by atoms with Gasteiger partial charge in [0.2, 0.25) is 0 Å². The molecular weight excluding hydrogens is 380 g/mol. The van der Waals surface area contributed by atoms with E-state index in [0.29, 0.717) is 11.4 Å². The SMILES string of the molecule is Oc1ccc(Br)cc1-c1nc2c3cccnc3c3ncccc3c2[nH]1. The highest BCUT2D eigenvalue weighted by molar-refractivity contribution is 9.10. The summed E-state index contributed by atoms with van der Waals surface area (Å²) in [5, 5.41) is 12.1. The minimum absolute atomic E-state index is 0.173. The number of aromatic hydroxyl groups is 1. The molecule has 0 fully saturated rings. The number of phenols is 1. The lowest BCUT2D eigenvalue weighted by Crippen LogP contribution is -1.86. The van der Waals surface area contributed by atoms with Crippen molar-refractivity contribution >= 4 is 48.8 Å². The van der Waals surface area contributed by atoms with E-state index in [1.54, 1.807) is 24.5 Å². The van der Waals surface area contributed by atoms with E-state index < -0.39 is 0 Å². The molecule has 0 bridgehead atoms. The minimum atomic E-state index is 0.173. The fourth-order valence-electron chi connectivity index (χ4n) is 3.17. The Kier molecular flexibility index (Phi) is 3.02. The van der Waals surface area contributed by atoms with Crippen LogP contribution in [-0.4, -0.2) is 25.0 Å². The average Bonchev–Trinajstić information content (AvgIpc) is 3.09. The van der Waals surface area contributed by atoms with Crippen molar-refractivity contribution in [3.8, 4) is 17.1 Å². The van der Waals surface area contributed by atoms with Crippen molar-refractivity contribution in [1.82, 2.24) is 19.9 Å². The third-order valence-electron chi connectivity index (χ3n) is 4.28. The molecule has 0 radical (unpaired) electrons. The van der Waals surface area contributed by atoms with Gasteiger partial charge in [0.15, 0.2) is 0 Å². The van der Waals surface area contributed by atoms with Crippen LogP contribution in [0.15, 0.2) is 59.3 Å². The Morgan fingerprint density at radius 1 is 0.880 bits per heavy atom. The van der Waals surface area contributed by atoms with Crippen molar-refractivity contribution in [2.24, 2.45) is 0 Å². The summed E-state index contributed by atoms with van der Waals surface area (Å²) in [5.41, 5.74) is 4.00. The summed E-state index contributed by atoms with van der Waals surface area (Å²) in [4.78, 5) is 17.1. The first-order valence-corrected chi connectivity index (χ1v) is 8.52. The van der Waals surface area contributed by atoms with Crippen LogP contribution < -0.4 is 0 Å². The number of fused-ring (bicyclic) bond motifs is 6. The van der Waals surface area contributed by atoms with Crippen LogP contribution in [0.5, 0.6) is 5.75 Å². The van der Waals surface area contributed by atoms with Crippen molar-refractivity contribution in [2.45, 2.75) is 0 Å². The van der Waals surface area contributed by atoms with E-state index in [4.69, 9.17) is 4.98 Å². The first kappa shape index (κ1) is 14.4. The first-order valence-electron chi connectivity index (χ1n) is 7.72. The highest BCUT2D eigenvalue weighted by Gasteiger charge is 2.16. The number of pyridine rings is 2. The molecule has 3 aromatic heterocycles. The van der Waals surface area contributed by atoms with Crippen molar-refractivity contribution in [2.75, 3.05) is 0 Å². The number of H-pyrrole nitrogens is 1. The quantitative estimate of drug-likeness (QED) is 0.403. The molecule has 0 aliphatic heterocycles. The second kappa shape index (κ2) is 5.26. The summed E-state index contributed by atoms with van der Waals surface area (Å²) in [7, 11) is 0. The van der Waals surface area contributed by atoms with Gasteiger partial charge in [0.05, 0.1) is 27.6 Å². The molecule has 0 saturated heterocycles. The number of nitrogens with one attached hydrogen (secondary N) is 1. The number of nitrogens with zero attached hydrogens (tertiary/aromatic N) is 3. The van der Waals surface area contributed by atoms with Crippen LogP contribution in [0.1, 0.15) is 0 Å². The van der Waals surface area contributed by atoms with Crippen LogP contribution in [-0.2, 0) is 0 Å². The highest BCUT2D eigenvalue weighted by atomic mass is 79.9. The number of hydrogen-bond donors (Lipinski definition) is 2. The zero-order valence-corrected chi connectivity index (χ0v) is 14.4. The zero-order valence-electron chi connectivity index (χ0n) is 12.9. The Bertz CT molecular complexity index is 1210. The topological polar surface area (TPSA) is 74.7 Å². The van der Waals surface area contributed by atoms with Gasteiger partial charge in [-0.2, -0.15) is 0 Å². The van der Waals surface area contributed by atoms with Gasteiger partial charge < -0.3 is 10.1 Å². The number of hydrogen-bond acceptors (Lipinski definition) is 4. The Morgan fingerprint density at radius 2 is 1.60 bits per heavy atom. The van der Waals surface area contributed by atoms with Crippen LogP contribution in [0, 0.1) is 0 Å². The number of rotatable bonds is 1. The predicted octanol–water partition coefficient (Wildman–Crippen LogP) is 4.79. The normalized spacial score (nSPS) is 11.6. The molecule has 2 N–H and O–H groups in total. The Labute approximate surface area is 150 Å². The lowest BCUT2D eigenvalue weighted by molar-refractivity contribution is 0.477.